The van der Waals surface area contributed by atoms with E-state index in [1.54, 1.807) is 0 Å². The number of aliphatic imine (C=N–C) groups is 1. The van der Waals surface area contributed by atoms with Crippen LogP contribution in [0.3, 0.4) is 0 Å². The molecule has 0 atom stereocenters. The zero-order chi connectivity index (χ0) is 22.8. The summed E-state index contributed by atoms with van der Waals surface area (Å²) in [6, 6.07) is 10.3. The van der Waals surface area contributed by atoms with Gasteiger partial charge in [0, 0.05) is 29.8 Å². The molecule has 1 heterocycles. The third-order valence-corrected chi connectivity index (χ3v) is 8.20. The summed E-state index contributed by atoms with van der Waals surface area (Å²) in [4.78, 5) is 17.6. The number of rotatable bonds is 9. The van der Waals surface area contributed by atoms with Crippen molar-refractivity contribution in [3.8, 4) is 11.3 Å². The fraction of sp³-hybridized carbons (Fsp3) is 0.593. The van der Waals surface area contributed by atoms with Crippen molar-refractivity contribution in [2.24, 2.45) is 22.7 Å². The Morgan fingerprint density at radius 3 is 2.42 bits per heavy atom. The quantitative estimate of drug-likeness (QED) is 0.290. The highest BCUT2D eigenvalue weighted by Gasteiger charge is 2.51. The van der Waals surface area contributed by atoms with E-state index >= 15 is 0 Å². The topological polar surface area (TPSA) is 59.3 Å². The van der Waals surface area contributed by atoms with E-state index in [4.69, 9.17) is 5.10 Å². The molecule has 0 aliphatic heterocycles. The number of unbranched alkanes of at least 4 members (excludes halogenated alkanes) is 2. The molecule has 0 saturated heterocycles. The van der Waals surface area contributed by atoms with Gasteiger partial charge in [0.15, 0.2) is 5.69 Å². The molecule has 4 fully saturated rings. The first-order valence-corrected chi connectivity index (χ1v) is 13.0. The first kappa shape index (κ1) is 22.5. The molecule has 1 N–H and O–H groups in total. The average molecular weight is 463 g/mol. The maximum Gasteiger partial charge on any atom is 0.272 e. The summed E-state index contributed by atoms with van der Waals surface area (Å²) >= 11 is 4.64. The Kier molecular flexibility index (Phi) is 6.49. The van der Waals surface area contributed by atoms with Gasteiger partial charge >= 0.3 is 0 Å². The molecule has 1 aromatic carbocycles. The Morgan fingerprint density at radius 1 is 1.12 bits per heavy atom. The molecule has 1 aromatic heterocycles. The molecule has 0 radical (unpaired) electrons. The molecule has 0 unspecified atom stereocenters. The minimum Gasteiger partial charge on any atom is -0.345 e. The predicted octanol–water partition coefficient (Wildman–Crippen LogP) is 5.83. The number of hydrogen-bond acceptors (Lipinski definition) is 4. The van der Waals surface area contributed by atoms with Crippen LogP contribution < -0.4 is 5.32 Å². The highest BCUT2D eigenvalue weighted by Crippen LogP contribution is 2.55. The number of hydrogen-bond donors (Lipinski definition) is 1. The fourth-order valence-corrected chi connectivity index (χ4v) is 7.22. The molecule has 2 aromatic rings. The van der Waals surface area contributed by atoms with E-state index in [9.17, 15) is 4.79 Å². The van der Waals surface area contributed by atoms with Crippen molar-refractivity contribution in [1.82, 2.24) is 15.1 Å². The number of carbonyl (C=O) groups excluding carboxylic acids is 1. The van der Waals surface area contributed by atoms with Gasteiger partial charge in [0.25, 0.3) is 5.91 Å². The van der Waals surface area contributed by atoms with Crippen molar-refractivity contribution in [3.63, 3.8) is 0 Å². The van der Waals surface area contributed by atoms with E-state index in [0.29, 0.717) is 5.69 Å². The van der Waals surface area contributed by atoms with Crippen LogP contribution in [0.2, 0.25) is 0 Å². The minimum atomic E-state index is -0.00277. The lowest BCUT2D eigenvalue weighted by molar-refractivity contribution is -0.0168. The molecule has 4 saturated carbocycles. The van der Waals surface area contributed by atoms with Crippen LogP contribution in [0.4, 0.5) is 0 Å². The lowest BCUT2D eigenvalue weighted by atomic mass is 9.53. The van der Waals surface area contributed by atoms with Gasteiger partial charge in [0.2, 0.25) is 0 Å². The number of amides is 1. The van der Waals surface area contributed by atoms with Gasteiger partial charge in [-0.25, -0.2) is 4.99 Å². The molecule has 4 bridgehead atoms. The molecule has 33 heavy (non-hydrogen) atoms. The average Bonchev–Trinajstić information content (AvgIpc) is 3.11. The number of nitrogens with zero attached hydrogens (tertiary/aromatic N) is 3. The van der Waals surface area contributed by atoms with E-state index in [1.165, 1.54) is 19.3 Å². The molecule has 6 rings (SSSR count). The summed E-state index contributed by atoms with van der Waals surface area (Å²) < 4.78 is 2.04. The second kappa shape index (κ2) is 9.52. The number of nitrogens with one attached hydrogen (secondary N) is 1. The maximum absolute atomic E-state index is 13.6. The summed E-state index contributed by atoms with van der Waals surface area (Å²) in [5.74, 6) is 2.42. The van der Waals surface area contributed by atoms with Crippen LogP contribution in [-0.2, 0) is 6.54 Å². The second-order valence-electron chi connectivity index (χ2n) is 10.6. The summed E-state index contributed by atoms with van der Waals surface area (Å²) in [5, 5.41) is 10.8. The largest absolute Gasteiger partial charge is 0.345 e. The number of aromatic nitrogens is 2. The Bertz CT molecular complexity index is 1020. The summed E-state index contributed by atoms with van der Waals surface area (Å²) in [6.45, 7) is 3.57. The Morgan fingerprint density at radius 2 is 1.79 bits per heavy atom. The third-order valence-electron chi connectivity index (χ3n) is 8.07. The Balaban J connectivity index is 1.36. The smallest absolute Gasteiger partial charge is 0.272 e. The normalized spacial score (nSPS) is 27.4. The van der Waals surface area contributed by atoms with Crippen LogP contribution >= 0.6 is 12.2 Å². The fourth-order valence-electron chi connectivity index (χ4n) is 7.13. The van der Waals surface area contributed by atoms with Crippen molar-refractivity contribution >= 4 is 23.3 Å². The van der Waals surface area contributed by atoms with Crippen LogP contribution in [0.25, 0.3) is 11.3 Å². The SMILES string of the molecule is Cc1c(C(=O)NC23CC4CC(CC(C4)C2)C3)nn(CCCCCN=C=S)c1-c1ccccc1. The number of thiocarbonyl (C=S) groups is 1. The van der Waals surface area contributed by atoms with Crippen LogP contribution in [0.15, 0.2) is 35.3 Å². The summed E-state index contributed by atoms with van der Waals surface area (Å²) in [6.07, 6.45) is 10.6. The first-order chi connectivity index (χ1) is 16.1. The van der Waals surface area contributed by atoms with Gasteiger partial charge in [-0.15, -0.1) is 0 Å². The summed E-state index contributed by atoms with van der Waals surface area (Å²) in [5.41, 5.74) is 3.74. The molecule has 5 nitrogen and oxygen atoms in total. The highest BCUT2D eigenvalue weighted by molar-refractivity contribution is 7.78. The van der Waals surface area contributed by atoms with Crippen LogP contribution in [-0.4, -0.2) is 32.9 Å². The van der Waals surface area contributed by atoms with E-state index in [2.05, 4.69) is 46.7 Å². The van der Waals surface area contributed by atoms with Crippen molar-refractivity contribution in [2.45, 2.75) is 76.8 Å². The van der Waals surface area contributed by atoms with Crippen molar-refractivity contribution < 1.29 is 4.79 Å². The lowest BCUT2D eigenvalue weighted by Crippen LogP contribution is -2.59. The van der Waals surface area contributed by atoms with Crippen molar-refractivity contribution in [3.05, 3.63) is 41.6 Å². The van der Waals surface area contributed by atoms with E-state index < -0.39 is 0 Å². The molecular weight excluding hydrogens is 428 g/mol. The van der Waals surface area contributed by atoms with Gasteiger partial charge in [-0.2, -0.15) is 5.10 Å². The van der Waals surface area contributed by atoms with Crippen LogP contribution in [0.1, 0.15) is 73.8 Å². The maximum atomic E-state index is 13.6. The van der Waals surface area contributed by atoms with E-state index in [0.717, 1.165) is 86.2 Å². The second-order valence-corrected chi connectivity index (χ2v) is 10.8. The van der Waals surface area contributed by atoms with Crippen LogP contribution in [0, 0.1) is 24.7 Å². The zero-order valence-electron chi connectivity index (χ0n) is 19.6. The molecule has 6 heteroatoms. The van der Waals surface area contributed by atoms with Gasteiger partial charge in [-0.1, -0.05) is 30.3 Å². The van der Waals surface area contributed by atoms with Crippen molar-refractivity contribution in [2.75, 3.05) is 6.54 Å². The van der Waals surface area contributed by atoms with Crippen LogP contribution in [0.5, 0.6) is 0 Å². The van der Waals surface area contributed by atoms with Gasteiger partial charge < -0.3 is 5.32 Å². The van der Waals surface area contributed by atoms with Gasteiger partial charge in [-0.3, -0.25) is 9.48 Å². The molecule has 0 spiro atoms. The minimum absolute atomic E-state index is 0.00277. The molecule has 174 valence electrons. The molecule has 4 aliphatic carbocycles. The summed E-state index contributed by atoms with van der Waals surface area (Å²) in [7, 11) is 0. The number of aryl methyl sites for hydroxylation is 1. The lowest BCUT2D eigenvalue weighted by Gasteiger charge is -2.56. The monoisotopic (exact) mass is 462 g/mol. The number of carbonyl (C=O) groups is 1. The molecule has 1 amide bonds. The Labute approximate surface area is 202 Å². The number of isothiocyanates is 1. The van der Waals surface area contributed by atoms with Crippen molar-refractivity contribution in [1.29, 1.82) is 0 Å². The molecule has 4 aliphatic rings. The zero-order valence-corrected chi connectivity index (χ0v) is 20.4. The number of benzene rings is 1. The van der Waals surface area contributed by atoms with E-state index in [1.807, 2.05) is 22.9 Å². The van der Waals surface area contributed by atoms with Gasteiger partial charge in [-0.05, 0) is 94.7 Å². The van der Waals surface area contributed by atoms with E-state index in [-0.39, 0.29) is 11.4 Å². The van der Waals surface area contributed by atoms with Gasteiger partial charge in [0.05, 0.1) is 10.9 Å². The third kappa shape index (κ3) is 4.69. The van der Waals surface area contributed by atoms with Gasteiger partial charge in [0.1, 0.15) is 0 Å². The molecular formula is C27H34N4OS. The standard InChI is InChI=1S/C27H34N4OS/c1-19-24(26(32)29-27-15-20-12-21(16-27)14-22(13-20)17-27)30-31(11-7-3-6-10-28-18-33)25(19)23-8-4-2-5-9-23/h2,4-5,8-9,20-22H,3,6-7,10-17H2,1H3,(H,29,32). The predicted molar refractivity (Wildman–Crippen MR) is 135 cm³/mol. The first-order valence-electron chi connectivity index (χ1n) is 12.6. The highest BCUT2D eigenvalue weighted by atomic mass is 32.1. The Hall–Kier alpha value is -2.30.